The van der Waals surface area contributed by atoms with Crippen LogP contribution in [-0.4, -0.2) is 0 Å². The SMILES string of the molecule is [O-][Cl+3]([O-])([O-])[O-].c1ccc(C[n+]2csc3ccccc32)cc1. The van der Waals surface area contributed by atoms with Crippen LogP contribution in [0.15, 0.2) is 60.1 Å². The first kappa shape index (κ1) is 15.8. The summed E-state index contributed by atoms with van der Waals surface area (Å²) >= 11 is 1.80. The maximum absolute atomic E-state index is 8.49. The highest BCUT2D eigenvalue weighted by Gasteiger charge is 2.10. The zero-order valence-electron chi connectivity index (χ0n) is 10.8. The van der Waals surface area contributed by atoms with E-state index in [1.807, 2.05) is 0 Å². The Labute approximate surface area is 127 Å². The van der Waals surface area contributed by atoms with Crippen molar-refractivity contribution in [1.29, 1.82) is 0 Å². The average Bonchev–Trinajstić information content (AvgIpc) is 2.82. The van der Waals surface area contributed by atoms with Gasteiger partial charge >= 0.3 is 0 Å². The second-order valence-electron chi connectivity index (χ2n) is 4.18. The van der Waals surface area contributed by atoms with E-state index in [9.17, 15) is 0 Å². The number of benzene rings is 2. The topological polar surface area (TPSA) is 96.1 Å². The first-order chi connectivity index (χ1) is 9.93. The number of hydrogen-bond acceptors (Lipinski definition) is 5. The second kappa shape index (κ2) is 6.95. The number of para-hydroxylation sites is 1. The van der Waals surface area contributed by atoms with Crippen LogP contribution in [0.1, 0.15) is 5.56 Å². The first-order valence-electron chi connectivity index (χ1n) is 5.95. The van der Waals surface area contributed by atoms with E-state index < -0.39 is 10.2 Å². The third-order valence-electron chi connectivity index (χ3n) is 2.68. The molecule has 0 aliphatic carbocycles. The average molecular weight is 326 g/mol. The number of nitrogens with zero attached hydrogens (tertiary/aromatic N) is 1. The predicted molar refractivity (Wildman–Crippen MR) is 67.6 cm³/mol. The van der Waals surface area contributed by atoms with Gasteiger partial charge in [0.05, 0.1) is 0 Å². The molecule has 3 rings (SSSR count). The van der Waals surface area contributed by atoms with Crippen LogP contribution in [0, 0.1) is 10.2 Å². The van der Waals surface area contributed by atoms with Crippen molar-refractivity contribution < 1.29 is 33.4 Å². The van der Waals surface area contributed by atoms with Gasteiger partial charge in [0.2, 0.25) is 11.0 Å². The van der Waals surface area contributed by atoms with Gasteiger partial charge in [0, 0.05) is 11.6 Å². The zero-order valence-corrected chi connectivity index (χ0v) is 12.4. The summed E-state index contributed by atoms with van der Waals surface area (Å²) in [6.07, 6.45) is 0. The van der Waals surface area contributed by atoms with Gasteiger partial charge in [0.1, 0.15) is 4.70 Å². The Morgan fingerprint density at radius 2 is 1.43 bits per heavy atom. The lowest BCUT2D eigenvalue weighted by Crippen LogP contribution is -2.68. The van der Waals surface area contributed by atoms with Gasteiger partial charge in [0.25, 0.3) is 0 Å². The molecule has 0 aliphatic rings. The highest BCUT2D eigenvalue weighted by molar-refractivity contribution is 7.16. The van der Waals surface area contributed by atoms with Crippen molar-refractivity contribution in [3.05, 3.63) is 65.7 Å². The molecule has 3 aromatic rings. The summed E-state index contributed by atoms with van der Waals surface area (Å²) in [6, 6.07) is 19.1. The molecule has 0 radical (unpaired) electrons. The maximum Gasteiger partial charge on any atom is 0.226 e. The van der Waals surface area contributed by atoms with E-state index >= 15 is 0 Å². The molecule has 0 amide bonds. The Bertz CT molecular complexity index is 691. The van der Waals surface area contributed by atoms with E-state index in [4.69, 9.17) is 18.6 Å². The fraction of sp³-hybridized carbons (Fsp3) is 0.0714. The van der Waals surface area contributed by atoms with Gasteiger partial charge in [-0.3, -0.25) is 0 Å². The van der Waals surface area contributed by atoms with Crippen molar-refractivity contribution in [2.45, 2.75) is 6.54 Å². The lowest BCUT2D eigenvalue weighted by molar-refractivity contribution is -2.00. The number of thiazole rings is 1. The molecule has 110 valence electrons. The molecule has 1 heterocycles. The second-order valence-corrected chi connectivity index (χ2v) is 5.82. The Hall–Kier alpha value is -1.54. The highest BCUT2D eigenvalue weighted by Crippen LogP contribution is 2.15. The number of halogens is 1. The fourth-order valence-corrected chi connectivity index (χ4v) is 2.77. The highest BCUT2D eigenvalue weighted by atomic mass is 35.7. The summed E-state index contributed by atoms with van der Waals surface area (Å²) in [7, 11) is -4.94. The Balaban J connectivity index is 0.000000282. The molecule has 7 heteroatoms. The molecule has 0 N–H and O–H groups in total. The van der Waals surface area contributed by atoms with Crippen molar-refractivity contribution >= 4 is 21.6 Å². The molecule has 0 saturated heterocycles. The third kappa shape index (κ3) is 5.39. The van der Waals surface area contributed by atoms with Gasteiger partial charge in [-0.15, -0.1) is 10.2 Å². The molecule has 2 aromatic carbocycles. The summed E-state index contributed by atoms with van der Waals surface area (Å²) < 4.78 is 37.6. The molecule has 21 heavy (non-hydrogen) atoms. The van der Waals surface area contributed by atoms with Gasteiger partial charge in [-0.05, 0) is 6.07 Å². The standard InChI is InChI=1S/C14H12NS.ClHO4/c1-2-6-12(7-3-1)10-15-11-16-14-9-5-4-8-13(14)15;2-1(3,4)5/h1-9,11H,10H2;(H,2,3,4,5)/q+1;/p-1. The van der Waals surface area contributed by atoms with Crippen LogP contribution >= 0.6 is 11.3 Å². The van der Waals surface area contributed by atoms with Crippen LogP contribution in [0.4, 0.5) is 0 Å². The Morgan fingerprint density at radius 1 is 0.857 bits per heavy atom. The molecule has 0 aliphatic heterocycles. The number of fused-ring (bicyclic) bond motifs is 1. The summed E-state index contributed by atoms with van der Waals surface area (Å²) in [5, 5.41) is 0. The van der Waals surface area contributed by atoms with Crippen molar-refractivity contribution in [3.63, 3.8) is 0 Å². The molecular formula is C14H12ClNO4S. The minimum atomic E-state index is -4.94. The monoisotopic (exact) mass is 325 g/mol. The quantitative estimate of drug-likeness (QED) is 0.535. The molecule has 1 aromatic heterocycles. The Morgan fingerprint density at radius 3 is 2.10 bits per heavy atom. The van der Waals surface area contributed by atoms with Crippen molar-refractivity contribution in [1.82, 2.24) is 0 Å². The third-order valence-corrected chi connectivity index (χ3v) is 3.64. The van der Waals surface area contributed by atoms with Gasteiger partial charge < -0.3 is 0 Å². The minimum absolute atomic E-state index is 0.949. The molecular weight excluding hydrogens is 314 g/mol. The lowest BCUT2D eigenvalue weighted by Gasteiger charge is -2.17. The molecule has 0 spiro atoms. The predicted octanol–water partition coefficient (Wildman–Crippen LogP) is -1.52. The minimum Gasteiger partial charge on any atom is -0.222 e. The molecule has 0 bridgehead atoms. The van der Waals surface area contributed by atoms with Gasteiger partial charge in [-0.2, -0.15) is 4.57 Å². The number of aromatic nitrogens is 1. The van der Waals surface area contributed by atoms with Crippen LogP contribution in [0.2, 0.25) is 0 Å². The lowest BCUT2D eigenvalue weighted by atomic mass is 10.2. The summed E-state index contributed by atoms with van der Waals surface area (Å²) in [5.74, 6) is 0. The maximum atomic E-state index is 8.49. The molecule has 0 fully saturated rings. The summed E-state index contributed by atoms with van der Waals surface area (Å²) in [4.78, 5) is 0. The summed E-state index contributed by atoms with van der Waals surface area (Å²) in [5.41, 5.74) is 4.85. The van der Waals surface area contributed by atoms with Crippen LogP contribution in [0.25, 0.3) is 10.2 Å². The fourth-order valence-electron chi connectivity index (χ4n) is 1.87. The van der Waals surface area contributed by atoms with Gasteiger partial charge in [-0.25, -0.2) is 18.6 Å². The van der Waals surface area contributed by atoms with Crippen molar-refractivity contribution in [3.8, 4) is 0 Å². The summed E-state index contributed by atoms with van der Waals surface area (Å²) in [6.45, 7) is 0.949. The molecule has 0 saturated carbocycles. The Kier molecular flexibility index (Phi) is 5.24. The van der Waals surface area contributed by atoms with E-state index in [-0.39, 0.29) is 0 Å². The zero-order chi connectivity index (χ0) is 15.3. The first-order valence-corrected chi connectivity index (χ1v) is 8.06. The molecule has 0 unspecified atom stereocenters. The van der Waals surface area contributed by atoms with E-state index in [0.29, 0.717) is 0 Å². The van der Waals surface area contributed by atoms with Crippen molar-refractivity contribution in [2.75, 3.05) is 0 Å². The van der Waals surface area contributed by atoms with E-state index in [1.54, 1.807) is 11.3 Å². The normalized spacial score (nSPS) is 11.0. The number of hydrogen-bond donors (Lipinski definition) is 0. The van der Waals surface area contributed by atoms with Crippen LogP contribution in [0.3, 0.4) is 0 Å². The van der Waals surface area contributed by atoms with E-state index in [1.165, 1.54) is 15.8 Å². The van der Waals surface area contributed by atoms with Crippen LogP contribution < -0.4 is 23.2 Å². The van der Waals surface area contributed by atoms with Crippen LogP contribution in [0.5, 0.6) is 0 Å². The smallest absolute Gasteiger partial charge is 0.222 e. The van der Waals surface area contributed by atoms with Gasteiger partial charge in [0.15, 0.2) is 6.54 Å². The van der Waals surface area contributed by atoms with Crippen molar-refractivity contribution in [2.24, 2.45) is 0 Å². The largest absolute Gasteiger partial charge is 0.226 e. The van der Waals surface area contributed by atoms with E-state index in [2.05, 4.69) is 64.7 Å². The molecule has 5 nitrogen and oxygen atoms in total. The van der Waals surface area contributed by atoms with Gasteiger partial charge in [-0.1, -0.05) is 53.8 Å². The van der Waals surface area contributed by atoms with E-state index in [0.717, 1.165) is 6.54 Å². The molecule has 0 atom stereocenters. The number of rotatable bonds is 2. The van der Waals surface area contributed by atoms with Crippen LogP contribution in [-0.2, 0) is 6.54 Å².